The molecule has 3 rings (SSSR count). The van der Waals surface area contributed by atoms with E-state index < -0.39 is 0 Å². The lowest BCUT2D eigenvalue weighted by Crippen LogP contribution is -2.15. The SMILES string of the molecule is Cc1cccc(C)c1-c1nc(-c2ccccc2)nc(=O)[nH]1. The van der Waals surface area contributed by atoms with Gasteiger partial charge < -0.3 is 0 Å². The fourth-order valence-corrected chi connectivity index (χ4v) is 2.41. The molecule has 0 aliphatic rings. The first-order chi connectivity index (χ1) is 10.1. The Labute approximate surface area is 122 Å². The van der Waals surface area contributed by atoms with E-state index in [4.69, 9.17) is 0 Å². The van der Waals surface area contributed by atoms with E-state index in [9.17, 15) is 4.79 Å². The highest BCUT2D eigenvalue weighted by Gasteiger charge is 2.11. The molecule has 0 unspecified atom stereocenters. The summed E-state index contributed by atoms with van der Waals surface area (Å²) in [7, 11) is 0. The molecule has 4 nitrogen and oxygen atoms in total. The molecule has 0 saturated carbocycles. The molecule has 0 aliphatic heterocycles. The van der Waals surface area contributed by atoms with Crippen LogP contribution < -0.4 is 5.69 Å². The lowest BCUT2D eigenvalue weighted by atomic mass is 10.0. The van der Waals surface area contributed by atoms with E-state index in [-0.39, 0.29) is 5.69 Å². The van der Waals surface area contributed by atoms with Crippen molar-refractivity contribution in [2.75, 3.05) is 0 Å². The number of nitrogens with zero attached hydrogens (tertiary/aromatic N) is 2. The number of hydrogen-bond donors (Lipinski definition) is 1. The maximum absolute atomic E-state index is 11.9. The van der Waals surface area contributed by atoms with Crippen LogP contribution in [0.1, 0.15) is 11.1 Å². The van der Waals surface area contributed by atoms with Crippen molar-refractivity contribution in [3.8, 4) is 22.8 Å². The summed E-state index contributed by atoms with van der Waals surface area (Å²) in [6, 6.07) is 15.5. The van der Waals surface area contributed by atoms with Crippen LogP contribution in [0, 0.1) is 13.8 Å². The van der Waals surface area contributed by atoms with Gasteiger partial charge in [-0.25, -0.2) is 9.78 Å². The predicted molar refractivity (Wildman–Crippen MR) is 83.0 cm³/mol. The average Bonchev–Trinajstić information content (AvgIpc) is 2.47. The Bertz CT molecular complexity index is 818. The highest BCUT2D eigenvalue weighted by molar-refractivity contribution is 5.66. The van der Waals surface area contributed by atoms with Gasteiger partial charge in [-0.3, -0.25) is 4.98 Å². The smallest absolute Gasteiger partial charge is 0.290 e. The van der Waals surface area contributed by atoms with E-state index in [0.29, 0.717) is 11.6 Å². The van der Waals surface area contributed by atoms with E-state index in [1.807, 2.05) is 62.4 Å². The zero-order chi connectivity index (χ0) is 14.8. The maximum Gasteiger partial charge on any atom is 0.348 e. The Balaban J connectivity index is 2.22. The van der Waals surface area contributed by atoms with Gasteiger partial charge in [-0.15, -0.1) is 0 Å². The Hall–Kier alpha value is -2.75. The minimum atomic E-state index is -0.387. The second-order valence-electron chi connectivity index (χ2n) is 4.96. The highest BCUT2D eigenvalue weighted by Crippen LogP contribution is 2.24. The summed E-state index contributed by atoms with van der Waals surface area (Å²) in [6.45, 7) is 4.01. The fourth-order valence-electron chi connectivity index (χ4n) is 2.41. The number of aromatic nitrogens is 3. The van der Waals surface area contributed by atoms with Gasteiger partial charge in [-0.1, -0.05) is 48.5 Å². The normalized spacial score (nSPS) is 10.6. The summed E-state index contributed by atoms with van der Waals surface area (Å²) in [5.74, 6) is 1.00. The molecule has 0 bridgehead atoms. The quantitative estimate of drug-likeness (QED) is 0.783. The van der Waals surface area contributed by atoms with Crippen molar-refractivity contribution in [1.82, 2.24) is 15.0 Å². The maximum atomic E-state index is 11.9. The van der Waals surface area contributed by atoms with Crippen molar-refractivity contribution in [3.05, 3.63) is 70.1 Å². The first-order valence-electron chi connectivity index (χ1n) is 6.75. The van der Waals surface area contributed by atoms with Crippen molar-refractivity contribution in [2.45, 2.75) is 13.8 Å². The van der Waals surface area contributed by atoms with Crippen LogP contribution in [-0.2, 0) is 0 Å². The van der Waals surface area contributed by atoms with Crippen LogP contribution in [0.5, 0.6) is 0 Å². The molecular formula is C17H15N3O. The lowest BCUT2D eigenvalue weighted by Gasteiger charge is -2.09. The molecule has 0 aliphatic carbocycles. The molecular weight excluding hydrogens is 262 g/mol. The zero-order valence-corrected chi connectivity index (χ0v) is 11.9. The molecule has 4 heteroatoms. The van der Waals surface area contributed by atoms with Gasteiger partial charge in [0.2, 0.25) is 0 Å². The number of benzene rings is 2. The number of rotatable bonds is 2. The second kappa shape index (κ2) is 5.32. The van der Waals surface area contributed by atoms with E-state index in [1.165, 1.54) is 0 Å². The monoisotopic (exact) mass is 277 g/mol. The summed E-state index contributed by atoms with van der Waals surface area (Å²) < 4.78 is 0. The summed E-state index contributed by atoms with van der Waals surface area (Å²) in [4.78, 5) is 23.1. The van der Waals surface area contributed by atoms with Gasteiger partial charge in [-0.2, -0.15) is 4.98 Å². The topological polar surface area (TPSA) is 58.6 Å². The van der Waals surface area contributed by atoms with Crippen molar-refractivity contribution in [1.29, 1.82) is 0 Å². The van der Waals surface area contributed by atoms with Crippen LogP contribution in [0.15, 0.2) is 53.3 Å². The summed E-state index contributed by atoms with van der Waals surface area (Å²) >= 11 is 0. The molecule has 1 heterocycles. The summed E-state index contributed by atoms with van der Waals surface area (Å²) in [5.41, 5.74) is 3.54. The van der Waals surface area contributed by atoms with E-state index >= 15 is 0 Å². The molecule has 1 N–H and O–H groups in total. The first kappa shape index (κ1) is 13.2. The Morgan fingerprint density at radius 3 is 2.19 bits per heavy atom. The largest absolute Gasteiger partial charge is 0.348 e. The van der Waals surface area contributed by atoms with Crippen LogP contribution >= 0.6 is 0 Å². The van der Waals surface area contributed by atoms with E-state index in [1.54, 1.807) is 0 Å². The van der Waals surface area contributed by atoms with Crippen molar-refractivity contribution >= 4 is 0 Å². The standard InChI is InChI=1S/C17H15N3O/c1-11-7-6-8-12(2)14(11)16-18-15(19-17(21)20-16)13-9-4-3-5-10-13/h3-10H,1-2H3,(H,18,19,20,21). The number of aryl methyl sites for hydroxylation is 2. The van der Waals surface area contributed by atoms with Gasteiger partial charge in [0.05, 0.1) is 0 Å². The van der Waals surface area contributed by atoms with E-state index in [0.717, 1.165) is 22.3 Å². The fraction of sp³-hybridized carbons (Fsp3) is 0.118. The third-order valence-corrected chi connectivity index (χ3v) is 3.40. The third-order valence-electron chi connectivity index (χ3n) is 3.40. The van der Waals surface area contributed by atoms with Crippen LogP contribution in [0.25, 0.3) is 22.8 Å². The minimum absolute atomic E-state index is 0.387. The number of aromatic amines is 1. The third kappa shape index (κ3) is 2.60. The van der Waals surface area contributed by atoms with Gasteiger partial charge in [0, 0.05) is 11.1 Å². The molecule has 0 spiro atoms. The van der Waals surface area contributed by atoms with Gasteiger partial charge in [-0.05, 0) is 25.0 Å². The highest BCUT2D eigenvalue weighted by atomic mass is 16.1. The molecule has 1 aromatic heterocycles. The number of nitrogens with one attached hydrogen (secondary N) is 1. The van der Waals surface area contributed by atoms with Gasteiger partial charge in [0.1, 0.15) is 5.82 Å². The van der Waals surface area contributed by atoms with Crippen LogP contribution in [0.2, 0.25) is 0 Å². The van der Waals surface area contributed by atoms with E-state index in [2.05, 4.69) is 15.0 Å². The van der Waals surface area contributed by atoms with Gasteiger partial charge in [0.25, 0.3) is 0 Å². The molecule has 0 fully saturated rings. The molecule has 21 heavy (non-hydrogen) atoms. The summed E-state index contributed by atoms with van der Waals surface area (Å²) in [6.07, 6.45) is 0. The Morgan fingerprint density at radius 2 is 1.52 bits per heavy atom. The Kier molecular flexibility index (Phi) is 3.36. The minimum Gasteiger partial charge on any atom is -0.290 e. The molecule has 0 amide bonds. The van der Waals surface area contributed by atoms with Crippen LogP contribution in [0.4, 0.5) is 0 Å². The lowest BCUT2D eigenvalue weighted by molar-refractivity contribution is 0.999. The predicted octanol–water partition coefficient (Wildman–Crippen LogP) is 3.12. The molecule has 0 radical (unpaired) electrons. The van der Waals surface area contributed by atoms with Gasteiger partial charge >= 0.3 is 5.69 Å². The number of hydrogen-bond acceptors (Lipinski definition) is 3. The summed E-state index contributed by atoms with van der Waals surface area (Å²) in [5, 5.41) is 0. The molecule has 2 aromatic carbocycles. The average molecular weight is 277 g/mol. The van der Waals surface area contributed by atoms with Crippen LogP contribution in [0.3, 0.4) is 0 Å². The molecule has 0 atom stereocenters. The first-order valence-corrected chi connectivity index (χ1v) is 6.75. The molecule has 0 saturated heterocycles. The number of H-pyrrole nitrogens is 1. The second-order valence-corrected chi connectivity index (χ2v) is 4.96. The zero-order valence-electron chi connectivity index (χ0n) is 11.9. The van der Waals surface area contributed by atoms with Crippen molar-refractivity contribution < 1.29 is 0 Å². The Morgan fingerprint density at radius 1 is 0.857 bits per heavy atom. The van der Waals surface area contributed by atoms with Crippen LogP contribution in [-0.4, -0.2) is 15.0 Å². The van der Waals surface area contributed by atoms with Crippen molar-refractivity contribution in [2.24, 2.45) is 0 Å². The molecule has 3 aromatic rings. The van der Waals surface area contributed by atoms with Crippen molar-refractivity contribution in [3.63, 3.8) is 0 Å². The van der Waals surface area contributed by atoms with Gasteiger partial charge in [0.15, 0.2) is 5.82 Å². The molecule has 104 valence electrons.